The highest BCUT2D eigenvalue weighted by atomic mass is 19.4. The molecule has 3 rings (SSSR count). The van der Waals surface area contributed by atoms with Crippen LogP contribution in [0.5, 0.6) is 0 Å². The van der Waals surface area contributed by atoms with Crippen molar-refractivity contribution in [3.8, 4) is 11.3 Å². The number of aliphatic carboxylic acids is 1. The van der Waals surface area contributed by atoms with Crippen LogP contribution >= 0.6 is 0 Å². The number of amides is 1. The second-order valence-corrected chi connectivity index (χ2v) is 6.15. The van der Waals surface area contributed by atoms with Crippen molar-refractivity contribution >= 4 is 11.9 Å². The molecular formula is C18H16F3NO4. The van der Waals surface area contributed by atoms with Crippen molar-refractivity contribution in [3.05, 3.63) is 47.7 Å². The summed E-state index contributed by atoms with van der Waals surface area (Å²) in [6.07, 6.45) is -3.74. The maximum atomic E-state index is 12.8. The Balaban J connectivity index is 1.74. The minimum Gasteiger partial charge on any atom is -0.481 e. The van der Waals surface area contributed by atoms with Crippen LogP contribution in [-0.4, -0.2) is 35.0 Å². The zero-order valence-corrected chi connectivity index (χ0v) is 13.6. The molecule has 1 aliphatic rings. The van der Waals surface area contributed by atoms with Crippen molar-refractivity contribution in [3.63, 3.8) is 0 Å². The van der Waals surface area contributed by atoms with Crippen LogP contribution in [0.3, 0.4) is 0 Å². The molecule has 0 unspecified atom stereocenters. The van der Waals surface area contributed by atoms with E-state index in [1.807, 2.05) is 0 Å². The standard InChI is InChI=1S/C18H16F3NO4/c19-18(20,21)13-3-1-2-12(10-13)14-4-5-15(26-14)16(23)22-8-6-11(7-9-22)17(24)25/h1-5,10-11H,6-9H2,(H,24,25). The van der Waals surface area contributed by atoms with E-state index in [0.717, 1.165) is 12.1 Å². The van der Waals surface area contributed by atoms with Gasteiger partial charge in [-0.25, -0.2) is 0 Å². The highest BCUT2D eigenvalue weighted by Gasteiger charge is 2.31. The number of carbonyl (C=O) groups is 2. The fourth-order valence-electron chi connectivity index (χ4n) is 2.94. The number of alkyl halides is 3. The van der Waals surface area contributed by atoms with E-state index in [4.69, 9.17) is 9.52 Å². The van der Waals surface area contributed by atoms with E-state index in [-0.39, 0.29) is 17.1 Å². The lowest BCUT2D eigenvalue weighted by Crippen LogP contribution is -2.40. The minimum absolute atomic E-state index is 0.0196. The third-order valence-electron chi connectivity index (χ3n) is 4.42. The zero-order valence-electron chi connectivity index (χ0n) is 13.6. The van der Waals surface area contributed by atoms with E-state index >= 15 is 0 Å². The second kappa shape index (κ2) is 6.86. The SMILES string of the molecule is O=C(O)C1CCN(C(=O)c2ccc(-c3cccc(C(F)(F)F)c3)o2)CC1. The lowest BCUT2D eigenvalue weighted by atomic mass is 9.97. The Kier molecular flexibility index (Phi) is 4.76. The number of benzene rings is 1. The van der Waals surface area contributed by atoms with E-state index in [1.165, 1.54) is 29.2 Å². The Hall–Kier alpha value is -2.77. The number of piperidine rings is 1. The van der Waals surface area contributed by atoms with Crippen LogP contribution in [0.1, 0.15) is 29.0 Å². The Morgan fingerprint density at radius 3 is 2.42 bits per heavy atom. The number of rotatable bonds is 3. The van der Waals surface area contributed by atoms with Gasteiger partial charge in [0.25, 0.3) is 5.91 Å². The van der Waals surface area contributed by atoms with E-state index < -0.39 is 29.5 Å². The van der Waals surface area contributed by atoms with Gasteiger partial charge in [-0.05, 0) is 37.1 Å². The minimum atomic E-state index is -4.46. The maximum Gasteiger partial charge on any atom is 0.416 e. The molecule has 5 nitrogen and oxygen atoms in total. The van der Waals surface area contributed by atoms with E-state index in [1.54, 1.807) is 0 Å². The molecule has 0 atom stereocenters. The first kappa shape index (κ1) is 18.0. The quantitative estimate of drug-likeness (QED) is 0.893. The summed E-state index contributed by atoms with van der Waals surface area (Å²) in [5, 5.41) is 8.99. The van der Waals surface area contributed by atoms with Gasteiger partial charge in [0.15, 0.2) is 5.76 Å². The van der Waals surface area contributed by atoms with E-state index in [9.17, 15) is 22.8 Å². The molecule has 1 aromatic heterocycles. The predicted octanol–water partition coefficient (Wildman–Crippen LogP) is 3.90. The zero-order chi connectivity index (χ0) is 18.9. The molecule has 0 saturated carbocycles. The molecule has 0 spiro atoms. The van der Waals surface area contributed by atoms with Crippen molar-refractivity contribution in [1.29, 1.82) is 0 Å². The van der Waals surface area contributed by atoms with Gasteiger partial charge in [-0.3, -0.25) is 9.59 Å². The van der Waals surface area contributed by atoms with Gasteiger partial charge in [-0.15, -0.1) is 0 Å². The highest BCUT2D eigenvalue weighted by molar-refractivity contribution is 5.92. The molecule has 0 bridgehead atoms. The fourth-order valence-corrected chi connectivity index (χ4v) is 2.94. The van der Waals surface area contributed by atoms with Crippen molar-refractivity contribution in [1.82, 2.24) is 4.90 Å². The molecule has 0 aliphatic carbocycles. The molecule has 0 radical (unpaired) electrons. The molecule has 1 saturated heterocycles. The number of hydrogen-bond donors (Lipinski definition) is 1. The molecule has 1 N–H and O–H groups in total. The van der Waals surface area contributed by atoms with Crippen molar-refractivity contribution in [2.24, 2.45) is 5.92 Å². The number of carboxylic acid groups (broad SMARTS) is 1. The molecule has 1 aliphatic heterocycles. The lowest BCUT2D eigenvalue weighted by molar-refractivity contribution is -0.143. The Morgan fingerprint density at radius 1 is 1.12 bits per heavy atom. The average molecular weight is 367 g/mol. The van der Waals surface area contributed by atoms with Crippen LogP contribution in [0, 0.1) is 5.92 Å². The Bertz CT molecular complexity index is 820. The maximum absolute atomic E-state index is 12.8. The van der Waals surface area contributed by atoms with Crippen molar-refractivity contribution in [2.75, 3.05) is 13.1 Å². The summed E-state index contributed by atoms with van der Waals surface area (Å²) in [4.78, 5) is 24.9. The molecule has 1 fully saturated rings. The number of nitrogens with zero attached hydrogens (tertiary/aromatic N) is 1. The van der Waals surface area contributed by atoms with Crippen LogP contribution in [-0.2, 0) is 11.0 Å². The Morgan fingerprint density at radius 2 is 1.81 bits per heavy atom. The smallest absolute Gasteiger partial charge is 0.416 e. The monoisotopic (exact) mass is 367 g/mol. The predicted molar refractivity (Wildman–Crippen MR) is 85.4 cm³/mol. The number of halogens is 3. The Labute approximate surface area is 147 Å². The summed E-state index contributed by atoms with van der Waals surface area (Å²) in [6.45, 7) is 0.602. The van der Waals surface area contributed by atoms with Gasteiger partial charge in [0.05, 0.1) is 11.5 Å². The summed E-state index contributed by atoms with van der Waals surface area (Å²) >= 11 is 0. The average Bonchev–Trinajstić information content (AvgIpc) is 3.10. The number of carboxylic acids is 1. The molecule has 8 heteroatoms. The fraction of sp³-hybridized carbons (Fsp3) is 0.333. The molecule has 1 amide bonds. The van der Waals surface area contributed by atoms with Crippen molar-refractivity contribution < 1.29 is 32.3 Å². The highest BCUT2D eigenvalue weighted by Crippen LogP contribution is 2.33. The molecule has 26 heavy (non-hydrogen) atoms. The van der Waals surface area contributed by atoms with Crippen LogP contribution < -0.4 is 0 Å². The van der Waals surface area contributed by atoms with E-state index in [2.05, 4.69) is 0 Å². The van der Waals surface area contributed by atoms with Gasteiger partial charge >= 0.3 is 12.1 Å². The van der Waals surface area contributed by atoms with Gasteiger partial charge in [0, 0.05) is 18.7 Å². The first-order chi connectivity index (χ1) is 12.3. The summed E-state index contributed by atoms with van der Waals surface area (Å²) in [5.74, 6) is -1.55. The molecule has 2 aromatic rings. The van der Waals surface area contributed by atoms with E-state index in [0.29, 0.717) is 25.9 Å². The van der Waals surface area contributed by atoms with Gasteiger partial charge in [0.2, 0.25) is 0 Å². The molecule has 138 valence electrons. The number of hydrogen-bond acceptors (Lipinski definition) is 3. The number of furan rings is 1. The second-order valence-electron chi connectivity index (χ2n) is 6.15. The number of likely N-dealkylation sites (tertiary alicyclic amines) is 1. The summed E-state index contributed by atoms with van der Waals surface area (Å²) in [7, 11) is 0. The third kappa shape index (κ3) is 3.74. The van der Waals surface area contributed by atoms with Crippen LogP contribution in [0.2, 0.25) is 0 Å². The normalized spacial score (nSPS) is 15.9. The molecular weight excluding hydrogens is 351 g/mol. The number of carbonyl (C=O) groups excluding carboxylic acids is 1. The van der Waals surface area contributed by atoms with Crippen LogP contribution in [0.15, 0.2) is 40.8 Å². The lowest BCUT2D eigenvalue weighted by Gasteiger charge is -2.29. The van der Waals surface area contributed by atoms with Crippen LogP contribution in [0.4, 0.5) is 13.2 Å². The third-order valence-corrected chi connectivity index (χ3v) is 4.42. The summed E-state index contributed by atoms with van der Waals surface area (Å²) in [6, 6.07) is 7.55. The molecule has 1 aromatic carbocycles. The first-order valence-corrected chi connectivity index (χ1v) is 8.05. The van der Waals surface area contributed by atoms with Gasteiger partial charge in [-0.2, -0.15) is 13.2 Å². The topological polar surface area (TPSA) is 70.8 Å². The molecule has 2 heterocycles. The summed E-state index contributed by atoms with van der Waals surface area (Å²) in [5.41, 5.74) is -0.571. The van der Waals surface area contributed by atoms with Crippen molar-refractivity contribution in [2.45, 2.75) is 19.0 Å². The van der Waals surface area contributed by atoms with Gasteiger partial charge < -0.3 is 14.4 Å². The first-order valence-electron chi connectivity index (χ1n) is 8.05. The van der Waals surface area contributed by atoms with Crippen LogP contribution in [0.25, 0.3) is 11.3 Å². The van der Waals surface area contributed by atoms with Gasteiger partial charge in [0.1, 0.15) is 5.76 Å². The summed E-state index contributed by atoms with van der Waals surface area (Å²) < 4.78 is 43.9. The van der Waals surface area contributed by atoms with Gasteiger partial charge in [-0.1, -0.05) is 12.1 Å². The largest absolute Gasteiger partial charge is 0.481 e.